The predicted molar refractivity (Wildman–Crippen MR) is 107 cm³/mol. The van der Waals surface area contributed by atoms with Gasteiger partial charge in [-0.05, 0) is 61.0 Å². The largest absolute Gasteiger partial charge is 0.342 e. The minimum Gasteiger partial charge on any atom is -0.342 e. The summed E-state index contributed by atoms with van der Waals surface area (Å²) in [5, 5.41) is 2.67. The lowest BCUT2D eigenvalue weighted by Crippen LogP contribution is -2.45. The first-order chi connectivity index (χ1) is 12.7. The molecule has 2 aliphatic heterocycles. The van der Waals surface area contributed by atoms with Crippen LogP contribution in [-0.4, -0.2) is 41.9 Å². The van der Waals surface area contributed by atoms with E-state index in [2.05, 4.69) is 59.2 Å². The summed E-state index contributed by atoms with van der Waals surface area (Å²) in [6.45, 7) is 7.29. The maximum Gasteiger partial charge on any atom is 0.225 e. The summed E-state index contributed by atoms with van der Waals surface area (Å²) in [5.41, 5.74) is 1.40. The Hall–Kier alpha value is -1.87. The van der Waals surface area contributed by atoms with Crippen molar-refractivity contribution in [1.82, 2.24) is 9.80 Å². The van der Waals surface area contributed by atoms with Crippen LogP contribution in [0.1, 0.15) is 38.2 Å². The van der Waals surface area contributed by atoms with Crippen molar-refractivity contribution in [2.24, 2.45) is 11.8 Å². The van der Waals surface area contributed by atoms with Gasteiger partial charge in [-0.25, -0.2) is 0 Å². The number of hydrogen-bond donors (Lipinski definition) is 0. The molecule has 2 heterocycles. The molecule has 0 aromatic heterocycles. The number of hydrogen-bond acceptors (Lipinski definition) is 2. The number of piperidine rings is 2. The average molecular weight is 351 g/mol. The van der Waals surface area contributed by atoms with Gasteiger partial charge in [0.05, 0.1) is 0 Å². The number of likely N-dealkylation sites (tertiary alicyclic amines) is 2. The molecule has 1 amide bonds. The Bertz CT molecular complexity index is 750. The van der Waals surface area contributed by atoms with Crippen LogP contribution in [-0.2, 0) is 11.3 Å². The summed E-state index contributed by atoms with van der Waals surface area (Å²) in [4.78, 5) is 17.5. The number of benzene rings is 2. The van der Waals surface area contributed by atoms with Crippen molar-refractivity contribution in [2.45, 2.75) is 39.2 Å². The zero-order chi connectivity index (χ0) is 17.9. The van der Waals surface area contributed by atoms with Crippen LogP contribution in [0.5, 0.6) is 0 Å². The van der Waals surface area contributed by atoms with Gasteiger partial charge in [-0.1, -0.05) is 49.4 Å². The molecule has 2 aromatic rings. The average Bonchev–Trinajstić information content (AvgIpc) is 2.69. The molecule has 0 bridgehead atoms. The predicted octanol–water partition coefficient (Wildman–Crippen LogP) is 4.31. The molecular formula is C23H30N2O. The third-order valence-corrected chi connectivity index (χ3v) is 6.31. The van der Waals surface area contributed by atoms with Crippen LogP contribution >= 0.6 is 0 Å². The molecule has 0 radical (unpaired) electrons. The molecule has 26 heavy (non-hydrogen) atoms. The maximum atomic E-state index is 12.8. The zero-order valence-corrected chi connectivity index (χ0v) is 15.9. The lowest BCUT2D eigenvalue weighted by atomic mass is 9.92. The van der Waals surface area contributed by atoms with E-state index < -0.39 is 0 Å². The Morgan fingerprint density at radius 2 is 1.62 bits per heavy atom. The first-order valence-corrected chi connectivity index (χ1v) is 10.2. The smallest absolute Gasteiger partial charge is 0.225 e. The summed E-state index contributed by atoms with van der Waals surface area (Å²) in [7, 11) is 0. The van der Waals surface area contributed by atoms with Gasteiger partial charge in [-0.15, -0.1) is 0 Å². The van der Waals surface area contributed by atoms with Crippen LogP contribution in [0.15, 0.2) is 42.5 Å². The third-order valence-electron chi connectivity index (χ3n) is 6.31. The summed E-state index contributed by atoms with van der Waals surface area (Å²) >= 11 is 0. The van der Waals surface area contributed by atoms with Crippen LogP contribution in [0.2, 0.25) is 0 Å². The van der Waals surface area contributed by atoms with Crippen LogP contribution < -0.4 is 0 Å². The van der Waals surface area contributed by atoms with Gasteiger partial charge < -0.3 is 4.90 Å². The summed E-state index contributed by atoms with van der Waals surface area (Å²) in [5.74, 6) is 1.44. The highest BCUT2D eigenvalue weighted by Gasteiger charge is 2.30. The van der Waals surface area contributed by atoms with E-state index in [-0.39, 0.29) is 5.92 Å². The Kier molecular flexibility index (Phi) is 5.26. The number of carbonyl (C=O) groups is 1. The van der Waals surface area contributed by atoms with E-state index in [4.69, 9.17) is 0 Å². The number of carbonyl (C=O) groups excluding carboxylic acids is 1. The Morgan fingerprint density at radius 1 is 0.923 bits per heavy atom. The fourth-order valence-electron chi connectivity index (χ4n) is 4.50. The molecule has 138 valence electrons. The van der Waals surface area contributed by atoms with Crippen molar-refractivity contribution < 1.29 is 4.79 Å². The summed E-state index contributed by atoms with van der Waals surface area (Å²) in [6, 6.07) is 15.2. The maximum absolute atomic E-state index is 12.8. The van der Waals surface area contributed by atoms with Gasteiger partial charge in [0.15, 0.2) is 0 Å². The van der Waals surface area contributed by atoms with Gasteiger partial charge in [0.2, 0.25) is 5.91 Å². The van der Waals surface area contributed by atoms with E-state index in [1.807, 2.05) is 0 Å². The van der Waals surface area contributed by atoms with E-state index in [1.54, 1.807) is 0 Å². The quantitative estimate of drug-likeness (QED) is 0.823. The molecular weight excluding hydrogens is 320 g/mol. The molecule has 0 spiro atoms. The topological polar surface area (TPSA) is 23.6 Å². The number of fused-ring (bicyclic) bond motifs is 1. The van der Waals surface area contributed by atoms with E-state index in [0.29, 0.717) is 5.91 Å². The van der Waals surface area contributed by atoms with E-state index in [1.165, 1.54) is 29.2 Å². The van der Waals surface area contributed by atoms with Crippen LogP contribution in [0, 0.1) is 11.8 Å². The lowest BCUT2D eigenvalue weighted by Gasteiger charge is -2.36. The first-order valence-electron chi connectivity index (χ1n) is 10.2. The lowest BCUT2D eigenvalue weighted by molar-refractivity contribution is -0.138. The van der Waals surface area contributed by atoms with Crippen LogP contribution in [0.3, 0.4) is 0 Å². The fraction of sp³-hybridized carbons (Fsp3) is 0.522. The van der Waals surface area contributed by atoms with E-state index >= 15 is 0 Å². The number of amides is 1. The molecule has 3 nitrogen and oxygen atoms in total. The number of nitrogens with zero attached hydrogens (tertiary/aromatic N) is 2. The Morgan fingerprint density at radius 3 is 2.38 bits per heavy atom. The second-order valence-corrected chi connectivity index (χ2v) is 8.20. The summed E-state index contributed by atoms with van der Waals surface area (Å²) in [6.07, 6.45) is 4.36. The minimum atomic E-state index is 0.243. The normalized spacial score (nSPS) is 20.6. The second kappa shape index (κ2) is 7.79. The van der Waals surface area contributed by atoms with Crippen LogP contribution in [0.4, 0.5) is 0 Å². The van der Waals surface area contributed by atoms with Crippen molar-refractivity contribution in [2.75, 3.05) is 26.2 Å². The second-order valence-electron chi connectivity index (χ2n) is 8.20. The molecule has 3 heteroatoms. The highest BCUT2D eigenvalue weighted by atomic mass is 16.2. The molecule has 2 fully saturated rings. The Labute approximate surface area is 157 Å². The Balaban J connectivity index is 1.34. The molecule has 0 aliphatic carbocycles. The van der Waals surface area contributed by atoms with E-state index in [0.717, 1.165) is 51.5 Å². The van der Waals surface area contributed by atoms with Gasteiger partial charge >= 0.3 is 0 Å². The third kappa shape index (κ3) is 3.78. The highest BCUT2D eigenvalue weighted by molar-refractivity contribution is 5.85. The standard InChI is InChI=1S/C23H30N2O/c1-18-9-15-25(16-10-18)23(26)20-11-13-24(14-12-20)17-21-7-4-6-19-5-2-3-8-22(19)21/h2-8,18,20H,9-17H2,1H3. The molecule has 2 saturated heterocycles. The summed E-state index contributed by atoms with van der Waals surface area (Å²) < 4.78 is 0. The van der Waals surface area contributed by atoms with Crippen molar-refractivity contribution in [3.63, 3.8) is 0 Å². The first kappa shape index (κ1) is 17.5. The molecule has 4 rings (SSSR count). The van der Waals surface area contributed by atoms with E-state index in [9.17, 15) is 4.79 Å². The molecule has 0 unspecified atom stereocenters. The SMILES string of the molecule is CC1CCN(C(=O)C2CCN(Cc3cccc4ccccc34)CC2)CC1. The van der Waals surface area contributed by atoms with Gasteiger partial charge in [0, 0.05) is 25.6 Å². The fourth-order valence-corrected chi connectivity index (χ4v) is 4.50. The molecule has 2 aromatic carbocycles. The van der Waals surface area contributed by atoms with Crippen molar-refractivity contribution in [3.05, 3.63) is 48.0 Å². The van der Waals surface area contributed by atoms with Gasteiger partial charge in [-0.3, -0.25) is 9.69 Å². The van der Waals surface area contributed by atoms with Gasteiger partial charge in [-0.2, -0.15) is 0 Å². The van der Waals surface area contributed by atoms with Gasteiger partial charge in [0.1, 0.15) is 0 Å². The minimum absolute atomic E-state index is 0.243. The van der Waals surface area contributed by atoms with Crippen molar-refractivity contribution in [1.29, 1.82) is 0 Å². The molecule has 0 N–H and O–H groups in total. The van der Waals surface area contributed by atoms with Crippen LogP contribution in [0.25, 0.3) is 10.8 Å². The number of rotatable bonds is 3. The monoisotopic (exact) mass is 350 g/mol. The molecule has 0 atom stereocenters. The van der Waals surface area contributed by atoms with Gasteiger partial charge in [0.25, 0.3) is 0 Å². The molecule has 2 aliphatic rings. The van der Waals surface area contributed by atoms with Crippen molar-refractivity contribution in [3.8, 4) is 0 Å². The zero-order valence-electron chi connectivity index (χ0n) is 15.9. The highest BCUT2D eigenvalue weighted by Crippen LogP contribution is 2.26. The molecule has 0 saturated carbocycles. The van der Waals surface area contributed by atoms with Crippen molar-refractivity contribution >= 4 is 16.7 Å².